The van der Waals surface area contributed by atoms with Crippen LogP contribution in [0.1, 0.15) is 71.4 Å². The molecule has 0 aliphatic heterocycles. The highest BCUT2D eigenvalue weighted by atomic mass is 19.4. The predicted octanol–water partition coefficient (Wildman–Crippen LogP) is 8.14. The molecule has 0 amide bonds. The normalized spacial score (nSPS) is 14.0. The zero-order valence-corrected chi connectivity index (χ0v) is 23.6. The topological polar surface area (TPSA) is 64.8 Å². The average Bonchev–Trinajstić information content (AvgIpc) is 3.63. The summed E-state index contributed by atoms with van der Waals surface area (Å²) in [5.74, 6) is -4.13. The summed E-state index contributed by atoms with van der Waals surface area (Å²) in [5, 5.41) is 3.70. The molecule has 1 aliphatic rings. The molecule has 0 fully saturated rings. The SMILES string of the molecule is CC(=O)c1cc(-c2cccnc2[C@@H](CC(=O)Cn2cc(C3=CCCC3)c(C(F)(F)F)n2)Cc2cc(F)cc(F)c2)ccc1F. The molecule has 5 nitrogen and oxygen atoms in total. The summed E-state index contributed by atoms with van der Waals surface area (Å²) in [6.07, 6.45) is 1.27. The minimum Gasteiger partial charge on any atom is -0.298 e. The first-order chi connectivity index (χ1) is 20.9. The number of hydrogen-bond acceptors (Lipinski definition) is 4. The summed E-state index contributed by atoms with van der Waals surface area (Å²) < 4.78 is 84.9. The molecule has 2 aromatic heterocycles. The second-order valence-electron chi connectivity index (χ2n) is 10.8. The Balaban J connectivity index is 1.50. The summed E-state index contributed by atoms with van der Waals surface area (Å²) in [5.41, 5.74) is 0.717. The van der Waals surface area contributed by atoms with Crippen LogP contribution in [0.3, 0.4) is 0 Å². The largest absolute Gasteiger partial charge is 0.435 e. The third-order valence-electron chi connectivity index (χ3n) is 7.52. The van der Waals surface area contributed by atoms with Crippen LogP contribution in [-0.4, -0.2) is 26.3 Å². The summed E-state index contributed by atoms with van der Waals surface area (Å²) in [7, 11) is 0. The second-order valence-corrected chi connectivity index (χ2v) is 10.8. The van der Waals surface area contributed by atoms with Crippen molar-refractivity contribution in [2.45, 2.75) is 57.7 Å². The van der Waals surface area contributed by atoms with Gasteiger partial charge in [0.25, 0.3) is 0 Å². The van der Waals surface area contributed by atoms with Gasteiger partial charge in [0.2, 0.25) is 0 Å². The highest BCUT2D eigenvalue weighted by Crippen LogP contribution is 2.38. The predicted molar refractivity (Wildman–Crippen MR) is 151 cm³/mol. The molecule has 1 aliphatic carbocycles. The number of hydrogen-bond donors (Lipinski definition) is 0. The van der Waals surface area contributed by atoms with Crippen molar-refractivity contribution in [3.8, 4) is 11.1 Å². The third-order valence-corrected chi connectivity index (χ3v) is 7.52. The standard InChI is InChI=1S/C33H27F6N3O2/c1-19(43)28-15-22(8-9-30(28)36)27-7-4-10-40-31(27)23(11-20-12-24(34)16-25(35)13-20)14-26(44)17-42-18-29(21-5-2-3-6-21)32(41-42)33(37,38)39/h4-5,7-10,12-13,15-16,18,23H,2-3,6,11,14,17H2,1H3/t23-/m1/s1. The molecule has 0 bridgehead atoms. The van der Waals surface area contributed by atoms with Gasteiger partial charge < -0.3 is 0 Å². The van der Waals surface area contributed by atoms with Crippen LogP contribution in [-0.2, 0) is 23.9 Å². The first-order valence-corrected chi connectivity index (χ1v) is 14.0. The van der Waals surface area contributed by atoms with E-state index < -0.39 is 53.4 Å². The number of pyridine rings is 1. The molecule has 0 spiro atoms. The van der Waals surface area contributed by atoms with Crippen molar-refractivity contribution in [2.75, 3.05) is 0 Å². The molecule has 0 radical (unpaired) electrons. The Morgan fingerprint density at radius 3 is 2.41 bits per heavy atom. The van der Waals surface area contributed by atoms with Crippen LogP contribution in [0.25, 0.3) is 16.7 Å². The summed E-state index contributed by atoms with van der Waals surface area (Å²) in [6, 6.07) is 10.2. The molecular weight excluding hydrogens is 584 g/mol. The molecule has 5 rings (SSSR count). The Bertz CT molecular complexity index is 1740. The molecule has 11 heteroatoms. The lowest BCUT2D eigenvalue weighted by Crippen LogP contribution is -2.18. The van der Waals surface area contributed by atoms with Gasteiger partial charge in [0.1, 0.15) is 17.5 Å². The lowest BCUT2D eigenvalue weighted by atomic mass is 9.86. The fourth-order valence-corrected chi connectivity index (χ4v) is 5.61. The van der Waals surface area contributed by atoms with Gasteiger partial charge in [0.15, 0.2) is 17.3 Å². The highest BCUT2D eigenvalue weighted by molar-refractivity contribution is 5.95. The Labute approximate surface area is 249 Å². The molecule has 44 heavy (non-hydrogen) atoms. The second kappa shape index (κ2) is 12.6. The van der Waals surface area contributed by atoms with Crippen molar-refractivity contribution in [1.82, 2.24) is 14.8 Å². The highest BCUT2D eigenvalue weighted by Gasteiger charge is 2.38. The van der Waals surface area contributed by atoms with E-state index in [0.717, 1.165) is 29.3 Å². The average molecular weight is 612 g/mol. The maximum atomic E-state index is 14.3. The number of carbonyl (C=O) groups is 2. The quantitative estimate of drug-likeness (QED) is 0.134. The lowest BCUT2D eigenvalue weighted by Gasteiger charge is -2.20. The smallest absolute Gasteiger partial charge is 0.298 e. The number of carbonyl (C=O) groups excluding carboxylic acids is 2. The van der Waals surface area contributed by atoms with Gasteiger partial charge in [-0.15, -0.1) is 0 Å². The van der Waals surface area contributed by atoms with Gasteiger partial charge in [-0.2, -0.15) is 18.3 Å². The monoisotopic (exact) mass is 611 g/mol. The minimum absolute atomic E-state index is 0.0454. The molecule has 228 valence electrons. The van der Waals surface area contributed by atoms with Crippen LogP contribution in [0.4, 0.5) is 26.3 Å². The van der Waals surface area contributed by atoms with Crippen molar-refractivity contribution in [3.63, 3.8) is 0 Å². The number of Topliss-reactive ketones (excluding diaryl/α,β-unsaturated/α-hetero) is 2. The molecule has 1 atom stereocenters. The van der Waals surface area contributed by atoms with E-state index in [1.165, 1.54) is 31.5 Å². The van der Waals surface area contributed by atoms with E-state index in [-0.39, 0.29) is 29.5 Å². The van der Waals surface area contributed by atoms with E-state index in [2.05, 4.69) is 10.1 Å². The summed E-state index contributed by atoms with van der Waals surface area (Å²) >= 11 is 0. The van der Waals surface area contributed by atoms with Gasteiger partial charge in [0.05, 0.1) is 17.8 Å². The Morgan fingerprint density at radius 2 is 1.75 bits per heavy atom. The number of halogens is 6. The van der Waals surface area contributed by atoms with E-state index in [4.69, 9.17) is 0 Å². The molecule has 4 aromatic rings. The Morgan fingerprint density at radius 1 is 1.00 bits per heavy atom. The van der Waals surface area contributed by atoms with Gasteiger partial charge in [-0.25, -0.2) is 13.2 Å². The van der Waals surface area contributed by atoms with Crippen molar-refractivity contribution >= 4 is 17.1 Å². The number of rotatable bonds is 10. The van der Waals surface area contributed by atoms with Crippen molar-refractivity contribution in [2.24, 2.45) is 0 Å². The number of benzene rings is 2. The van der Waals surface area contributed by atoms with Crippen LogP contribution in [0.2, 0.25) is 0 Å². The van der Waals surface area contributed by atoms with Crippen molar-refractivity contribution < 1.29 is 35.9 Å². The van der Waals surface area contributed by atoms with E-state index in [1.54, 1.807) is 18.2 Å². The molecular formula is C33H27F6N3O2. The van der Waals surface area contributed by atoms with Crippen LogP contribution in [0.5, 0.6) is 0 Å². The molecule has 0 unspecified atom stereocenters. The van der Waals surface area contributed by atoms with Gasteiger partial charge in [0, 0.05) is 41.9 Å². The molecule has 0 N–H and O–H groups in total. The molecule has 0 saturated heterocycles. The minimum atomic E-state index is -4.71. The van der Waals surface area contributed by atoms with Gasteiger partial charge in [-0.1, -0.05) is 18.2 Å². The fraction of sp³-hybridized carbons (Fsp3) is 0.273. The number of aromatic nitrogens is 3. The van der Waals surface area contributed by atoms with E-state index >= 15 is 0 Å². The first-order valence-electron chi connectivity index (χ1n) is 14.0. The molecule has 2 heterocycles. The lowest BCUT2D eigenvalue weighted by molar-refractivity contribution is -0.142. The maximum absolute atomic E-state index is 14.3. The number of allylic oxidation sites excluding steroid dienone is 2. The van der Waals surface area contributed by atoms with Gasteiger partial charge >= 0.3 is 6.18 Å². The zero-order valence-electron chi connectivity index (χ0n) is 23.6. The zero-order chi connectivity index (χ0) is 31.6. The van der Waals surface area contributed by atoms with Crippen molar-refractivity contribution in [1.29, 1.82) is 0 Å². The number of nitrogens with zero attached hydrogens (tertiary/aromatic N) is 3. The Kier molecular flexibility index (Phi) is 8.85. The number of ketones is 2. The Hall–Kier alpha value is -4.54. The van der Waals surface area contributed by atoms with Crippen LogP contribution in [0, 0.1) is 17.5 Å². The first kappa shape index (κ1) is 30.9. The van der Waals surface area contributed by atoms with E-state index in [1.807, 2.05) is 0 Å². The molecule has 0 saturated carbocycles. The van der Waals surface area contributed by atoms with E-state index in [0.29, 0.717) is 41.3 Å². The third kappa shape index (κ3) is 6.98. The van der Waals surface area contributed by atoms with Gasteiger partial charge in [-0.05, 0) is 79.6 Å². The summed E-state index contributed by atoms with van der Waals surface area (Å²) in [4.78, 5) is 29.9. The number of alkyl halides is 3. The van der Waals surface area contributed by atoms with Crippen LogP contribution >= 0.6 is 0 Å². The fourth-order valence-electron chi connectivity index (χ4n) is 5.61. The molecule has 2 aromatic carbocycles. The summed E-state index contributed by atoms with van der Waals surface area (Å²) in [6.45, 7) is 0.748. The van der Waals surface area contributed by atoms with Crippen LogP contribution < -0.4 is 0 Å². The van der Waals surface area contributed by atoms with Crippen LogP contribution in [0.15, 0.2) is 67.0 Å². The van der Waals surface area contributed by atoms with E-state index in [9.17, 15) is 35.9 Å². The maximum Gasteiger partial charge on any atom is 0.435 e. The van der Waals surface area contributed by atoms with Crippen molar-refractivity contribution in [3.05, 3.63) is 113 Å². The van der Waals surface area contributed by atoms with Gasteiger partial charge in [-0.3, -0.25) is 19.3 Å².